The maximum absolute atomic E-state index is 5.59. The van der Waals surface area contributed by atoms with Crippen LogP contribution >= 0.6 is 11.6 Å². The van der Waals surface area contributed by atoms with Crippen LogP contribution in [0.4, 0.5) is 0 Å². The van der Waals surface area contributed by atoms with E-state index in [1.807, 2.05) is 6.07 Å². The average molecular weight is 198 g/mol. The molecule has 0 amide bonds. The van der Waals surface area contributed by atoms with Crippen molar-refractivity contribution in [2.24, 2.45) is 0 Å². The van der Waals surface area contributed by atoms with Crippen LogP contribution < -0.4 is 5.32 Å². The molecule has 0 bridgehead atoms. The van der Waals surface area contributed by atoms with Gasteiger partial charge in [-0.2, -0.15) is 0 Å². The minimum atomic E-state index is 0.501. The Morgan fingerprint density at radius 2 is 2.00 bits per heavy atom. The lowest BCUT2D eigenvalue weighted by atomic mass is 10.1. The van der Waals surface area contributed by atoms with Crippen molar-refractivity contribution < 1.29 is 0 Å². The third-order valence-electron chi connectivity index (χ3n) is 1.97. The lowest BCUT2D eigenvalue weighted by Crippen LogP contribution is -2.29. The van der Waals surface area contributed by atoms with E-state index in [1.54, 1.807) is 0 Å². The standard InChI is InChI=1S/C11H16ClN/c1-10(13-8-7-12)9-11-5-3-2-4-6-11/h2-6,10,13H,7-9H2,1H3/t10-/m1/s1. The van der Waals surface area contributed by atoms with Crippen molar-refractivity contribution in [3.63, 3.8) is 0 Å². The lowest BCUT2D eigenvalue weighted by molar-refractivity contribution is 0.567. The molecule has 0 heterocycles. The summed E-state index contributed by atoms with van der Waals surface area (Å²) in [7, 11) is 0. The topological polar surface area (TPSA) is 12.0 Å². The molecule has 1 N–H and O–H groups in total. The zero-order valence-corrected chi connectivity index (χ0v) is 8.72. The molecule has 0 aromatic heterocycles. The maximum Gasteiger partial charge on any atom is 0.0348 e. The van der Waals surface area contributed by atoms with Gasteiger partial charge in [-0.3, -0.25) is 0 Å². The van der Waals surface area contributed by atoms with Crippen LogP contribution in [0.5, 0.6) is 0 Å². The number of alkyl halides is 1. The number of halogens is 1. The number of rotatable bonds is 5. The van der Waals surface area contributed by atoms with Crippen LogP contribution in [0.25, 0.3) is 0 Å². The molecule has 1 aromatic rings. The molecule has 0 aliphatic carbocycles. The molecule has 0 fully saturated rings. The summed E-state index contributed by atoms with van der Waals surface area (Å²) in [4.78, 5) is 0. The fourth-order valence-electron chi connectivity index (χ4n) is 1.34. The first-order chi connectivity index (χ1) is 6.33. The monoisotopic (exact) mass is 197 g/mol. The van der Waals surface area contributed by atoms with Crippen LogP contribution in [-0.4, -0.2) is 18.5 Å². The van der Waals surface area contributed by atoms with Gasteiger partial charge >= 0.3 is 0 Å². The highest BCUT2D eigenvalue weighted by molar-refractivity contribution is 6.18. The van der Waals surface area contributed by atoms with E-state index in [-0.39, 0.29) is 0 Å². The van der Waals surface area contributed by atoms with Crippen molar-refractivity contribution in [2.75, 3.05) is 12.4 Å². The summed E-state index contributed by atoms with van der Waals surface area (Å²) in [6, 6.07) is 11.0. The van der Waals surface area contributed by atoms with E-state index in [4.69, 9.17) is 11.6 Å². The predicted molar refractivity (Wildman–Crippen MR) is 58.3 cm³/mol. The van der Waals surface area contributed by atoms with Crippen LogP contribution in [0.3, 0.4) is 0 Å². The summed E-state index contributed by atoms with van der Waals surface area (Å²) in [5.41, 5.74) is 1.37. The van der Waals surface area contributed by atoms with Crippen molar-refractivity contribution in [1.29, 1.82) is 0 Å². The summed E-state index contributed by atoms with van der Waals surface area (Å²) < 4.78 is 0. The van der Waals surface area contributed by atoms with Gasteiger partial charge in [-0.1, -0.05) is 30.3 Å². The summed E-state index contributed by atoms with van der Waals surface area (Å²) >= 11 is 5.59. The van der Waals surface area contributed by atoms with E-state index in [0.29, 0.717) is 11.9 Å². The van der Waals surface area contributed by atoms with Crippen LogP contribution in [0, 0.1) is 0 Å². The highest BCUT2D eigenvalue weighted by atomic mass is 35.5. The van der Waals surface area contributed by atoms with Crippen LogP contribution in [-0.2, 0) is 6.42 Å². The van der Waals surface area contributed by atoms with E-state index in [2.05, 4.69) is 36.5 Å². The smallest absolute Gasteiger partial charge is 0.0348 e. The molecule has 2 heteroatoms. The molecule has 0 unspecified atom stereocenters. The van der Waals surface area contributed by atoms with E-state index in [1.165, 1.54) is 5.56 Å². The maximum atomic E-state index is 5.59. The Morgan fingerprint density at radius 3 is 2.62 bits per heavy atom. The van der Waals surface area contributed by atoms with Crippen molar-refractivity contribution in [3.05, 3.63) is 35.9 Å². The van der Waals surface area contributed by atoms with Gasteiger partial charge in [-0.05, 0) is 18.9 Å². The second-order valence-electron chi connectivity index (χ2n) is 3.23. The first-order valence-corrected chi connectivity index (χ1v) is 5.19. The lowest BCUT2D eigenvalue weighted by Gasteiger charge is -2.12. The molecular weight excluding hydrogens is 182 g/mol. The molecule has 1 atom stereocenters. The molecule has 1 nitrogen and oxygen atoms in total. The van der Waals surface area contributed by atoms with Crippen LogP contribution in [0.1, 0.15) is 12.5 Å². The Kier molecular flexibility index (Phi) is 4.87. The second kappa shape index (κ2) is 6.01. The van der Waals surface area contributed by atoms with Crippen molar-refractivity contribution in [1.82, 2.24) is 5.32 Å². The molecule has 13 heavy (non-hydrogen) atoms. The molecule has 0 radical (unpaired) electrons. The summed E-state index contributed by atoms with van der Waals surface area (Å²) in [6.45, 7) is 3.06. The van der Waals surface area contributed by atoms with E-state index in [0.717, 1.165) is 13.0 Å². The van der Waals surface area contributed by atoms with Gasteiger partial charge in [0.05, 0.1) is 0 Å². The van der Waals surface area contributed by atoms with E-state index < -0.39 is 0 Å². The molecule has 1 rings (SSSR count). The minimum absolute atomic E-state index is 0.501. The van der Waals surface area contributed by atoms with Crippen LogP contribution in [0.15, 0.2) is 30.3 Å². The van der Waals surface area contributed by atoms with Gasteiger partial charge in [0.2, 0.25) is 0 Å². The van der Waals surface area contributed by atoms with Gasteiger partial charge < -0.3 is 5.32 Å². The average Bonchev–Trinajstić information content (AvgIpc) is 2.16. The normalized spacial score (nSPS) is 12.8. The SMILES string of the molecule is C[C@H](Cc1ccccc1)NCCCl. The summed E-state index contributed by atoms with van der Waals surface area (Å²) in [6.07, 6.45) is 1.07. The third kappa shape index (κ3) is 4.30. The van der Waals surface area contributed by atoms with Gasteiger partial charge in [0.1, 0.15) is 0 Å². The molecule has 0 saturated heterocycles. The molecule has 0 spiro atoms. The Morgan fingerprint density at radius 1 is 1.31 bits per heavy atom. The Hall–Kier alpha value is -0.530. The molecule has 72 valence electrons. The molecular formula is C11H16ClN. The van der Waals surface area contributed by atoms with E-state index in [9.17, 15) is 0 Å². The second-order valence-corrected chi connectivity index (χ2v) is 3.61. The Bertz CT molecular complexity index is 223. The fraction of sp³-hybridized carbons (Fsp3) is 0.455. The van der Waals surface area contributed by atoms with E-state index >= 15 is 0 Å². The summed E-state index contributed by atoms with van der Waals surface area (Å²) in [5, 5.41) is 3.35. The van der Waals surface area contributed by atoms with Crippen molar-refractivity contribution in [3.8, 4) is 0 Å². The Balaban J connectivity index is 2.32. The molecule has 1 aromatic carbocycles. The zero-order valence-electron chi connectivity index (χ0n) is 7.96. The fourth-order valence-corrected chi connectivity index (χ4v) is 1.45. The van der Waals surface area contributed by atoms with Crippen molar-refractivity contribution in [2.45, 2.75) is 19.4 Å². The molecule has 0 aliphatic heterocycles. The first kappa shape index (κ1) is 10.6. The highest BCUT2D eigenvalue weighted by Gasteiger charge is 2.00. The highest BCUT2D eigenvalue weighted by Crippen LogP contribution is 2.02. The minimum Gasteiger partial charge on any atom is -0.313 e. The number of benzene rings is 1. The van der Waals surface area contributed by atoms with Gasteiger partial charge in [0, 0.05) is 18.5 Å². The largest absolute Gasteiger partial charge is 0.313 e. The third-order valence-corrected chi connectivity index (χ3v) is 2.16. The predicted octanol–water partition coefficient (Wildman–Crippen LogP) is 2.45. The van der Waals surface area contributed by atoms with Gasteiger partial charge in [0.25, 0.3) is 0 Å². The molecule has 0 saturated carbocycles. The number of nitrogens with one attached hydrogen (secondary N) is 1. The van der Waals surface area contributed by atoms with Crippen LogP contribution in [0.2, 0.25) is 0 Å². The number of hydrogen-bond acceptors (Lipinski definition) is 1. The van der Waals surface area contributed by atoms with Gasteiger partial charge in [-0.25, -0.2) is 0 Å². The first-order valence-electron chi connectivity index (χ1n) is 4.66. The number of hydrogen-bond donors (Lipinski definition) is 1. The Labute approximate surface area is 85.1 Å². The zero-order chi connectivity index (χ0) is 9.52. The quantitative estimate of drug-likeness (QED) is 0.716. The van der Waals surface area contributed by atoms with Gasteiger partial charge in [0.15, 0.2) is 0 Å². The van der Waals surface area contributed by atoms with Gasteiger partial charge in [-0.15, -0.1) is 11.6 Å². The molecule has 0 aliphatic rings. The van der Waals surface area contributed by atoms with Crippen molar-refractivity contribution >= 4 is 11.6 Å². The summed E-state index contributed by atoms with van der Waals surface area (Å²) in [5.74, 6) is 0.680.